The first-order valence-electron chi connectivity index (χ1n) is 6.28. The number of nitrogens with two attached hydrogens (primary N) is 1. The summed E-state index contributed by atoms with van der Waals surface area (Å²) in [4.78, 5) is 4.57. The first kappa shape index (κ1) is 16.7. The minimum atomic E-state index is -0.216. The van der Waals surface area contributed by atoms with Gasteiger partial charge in [-0.3, -0.25) is 9.80 Å². The van der Waals surface area contributed by atoms with E-state index in [0.717, 1.165) is 32.7 Å². The summed E-state index contributed by atoms with van der Waals surface area (Å²) in [5, 5.41) is 0.513. The van der Waals surface area contributed by atoms with Crippen LogP contribution in [0.5, 0.6) is 0 Å². The third-order valence-corrected chi connectivity index (χ3v) is 3.71. The number of piperazine rings is 1. The Bertz CT molecular complexity index is 375. The average molecular weight is 308 g/mol. The Kier molecular flexibility index (Phi) is 7.04. The van der Waals surface area contributed by atoms with Crippen LogP contribution in [0.2, 0.25) is 5.02 Å². The van der Waals surface area contributed by atoms with Gasteiger partial charge in [0.05, 0.1) is 0 Å². The highest BCUT2D eigenvalue weighted by atomic mass is 35.5. The van der Waals surface area contributed by atoms with Crippen molar-refractivity contribution in [3.05, 3.63) is 34.6 Å². The van der Waals surface area contributed by atoms with Crippen LogP contribution in [0.25, 0.3) is 0 Å². The van der Waals surface area contributed by atoms with Crippen molar-refractivity contribution >= 4 is 24.0 Å². The zero-order valence-corrected chi connectivity index (χ0v) is 12.4. The lowest BCUT2D eigenvalue weighted by Gasteiger charge is -2.34. The molecule has 0 spiro atoms. The maximum absolute atomic E-state index is 13.7. The average Bonchev–Trinajstić information content (AvgIpc) is 2.36. The molecule has 1 heterocycles. The van der Waals surface area contributed by atoms with Gasteiger partial charge in [-0.25, -0.2) is 4.39 Å². The molecule has 3 nitrogen and oxygen atoms in total. The molecule has 1 aromatic rings. The maximum Gasteiger partial charge on any atom is 0.129 e. The van der Waals surface area contributed by atoms with Gasteiger partial charge in [0.15, 0.2) is 0 Å². The predicted octanol–water partition coefficient (Wildman–Crippen LogP) is 1.98. The van der Waals surface area contributed by atoms with Crippen molar-refractivity contribution in [2.24, 2.45) is 5.73 Å². The summed E-state index contributed by atoms with van der Waals surface area (Å²) in [5.74, 6) is -0.216. The Morgan fingerprint density at radius 2 is 1.79 bits per heavy atom. The van der Waals surface area contributed by atoms with Crippen LogP contribution >= 0.6 is 24.0 Å². The summed E-state index contributed by atoms with van der Waals surface area (Å²) < 4.78 is 13.7. The molecule has 0 radical (unpaired) electrons. The third kappa shape index (κ3) is 4.58. The Labute approximate surface area is 124 Å². The summed E-state index contributed by atoms with van der Waals surface area (Å²) in [6.07, 6.45) is 0. The van der Waals surface area contributed by atoms with Gasteiger partial charge in [0.25, 0.3) is 0 Å². The van der Waals surface area contributed by atoms with E-state index in [1.54, 1.807) is 12.1 Å². The normalized spacial score (nSPS) is 17.2. The SMILES string of the molecule is Cl.NCCN1CCN(Cc2c(F)cccc2Cl)CC1. The fraction of sp³-hybridized carbons (Fsp3) is 0.538. The summed E-state index contributed by atoms with van der Waals surface area (Å²) >= 11 is 6.03. The molecule has 1 saturated heterocycles. The molecule has 1 fully saturated rings. The second kappa shape index (κ2) is 8.02. The maximum atomic E-state index is 13.7. The van der Waals surface area contributed by atoms with Gasteiger partial charge in [0.2, 0.25) is 0 Å². The Morgan fingerprint density at radius 1 is 1.16 bits per heavy atom. The highest BCUT2D eigenvalue weighted by Crippen LogP contribution is 2.21. The monoisotopic (exact) mass is 307 g/mol. The van der Waals surface area contributed by atoms with Crippen molar-refractivity contribution in [2.45, 2.75) is 6.54 Å². The molecule has 0 aliphatic carbocycles. The second-order valence-electron chi connectivity index (χ2n) is 4.61. The molecular weight excluding hydrogens is 288 g/mol. The molecule has 0 bridgehead atoms. The van der Waals surface area contributed by atoms with Gasteiger partial charge in [0, 0.05) is 56.4 Å². The van der Waals surface area contributed by atoms with Crippen molar-refractivity contribution in [3.63, 3.8) is 0 Å². The molecule has 108 valence electrons. The van der Waals surface area contributed by atoms with Crippen LogP contribution in [0.1, 0.15) is 5.56 Å². The van der Waals surface area contributed by atoms with Crippen LogP contribution in [0.15, 0.2) is 18.2 Å². The van der Waals surface area contributed by atoms with Crippen molar-refractivity contribution in [2.75, 3.05) is 39.3 Å². The fourth-order valence-corrected chi connectivity index (χ4v) is 2.48. The van der Waals surface area contributed by atoms with E-state index in [1.165, 1.54) is 6.07 Å². The fourth-order valence-electron chi connectivity index (χ4n) is 2.26. The molecule has 0 amide bonds. The summed E-state index contributed by atoms with van der Waals surface area (Å²) in [6.45, 7) is 6.07. The van der Waals surface area contributed by atoms with Gasteiger partial charge in [-0.2, -0.15) is 0 Å². The van der Waals surface area contributed by atoms with Gasteiger partial charge in [-0.15, -0.1) is 12.4 Å². The lowest BCUT2D eigenvalue weighted by Crippen LogP contribution is -2.47. The molecular formula is C13H20Cl2FN3. The van der Waals surface area contributed by atoms with Gasteiger partial charge < -0.3 is 5.73 Å². The van der Waals surface area contributed by atoms with Gasteiger partial charge in [-0.1, -0.05) is 17.7 Å². The lowest BCUT2D eigenvalue weighted by molar-refractivity contribution is 0.129. The molecule has 2 rings (SSSR count). The smallest absolute Gasteiger partial charge is 0.129 e. The topological polar surface area (TPSA) is 32.5 Å². The molecule has 1 aliphatic heterocycles. The van der Waals surface area contributed by atoms with Crippen LogP contribution in [-0.2, 0) is 6.54 Å². The first-order valence-corrected chi connectivity index (χ1v) is 6.66. The van der Waals surface area contributed by atoms with Crippen molar-refractivity contribution in [1.29, 1.82) is 0 Å². The molecule has 0 unspecified atom stereocenters. The number of rotatable bonds is 4. The van der Waals surface area contributed by atoms with Crippen LogP contribution in [0.3, 0.4) is 0 Å². The van der Waals surface area contributed by atoms with Crippen molar-refractivity contribution in [3.8, 4) is 0 Å². The molecule has 0 atom stereocenters. The Morgan fingerprint density at radius 3 is 2.37 bits per heavy atom. The van der Waals surface area contributed by atoms with E-state index >= 15 is 0 Å². The Hall–Kier alpha value is -0.390. The van der Waals surface area contributed by atoms with Gasteiger partial charge in [-0.05, 0) is 12.1 Å². The quantitative estimate of drug-likeness (QED) is 0.923. The van der Waals surface area contributed by atoms with E-state index in [4.69, 9.17) is 17.3 Å². The number of hydrogen-bond acceptors (Lipinski definition) is 3. The van der Waals surface area contributed by atoms with Crippen molar-refractivity contribution in [1.82, 2.24) is 9.80 Å². The number of halogens is 3. The number of nitrogens with zero attached hydrogens (tertiary/aromatic N) is 2. The largest absolute Gasteiger partial charge is 0.329 e. The zero-order chi connectivity index (χ0) is 13.0. The van der Waals surface area contributed by atoms with E-state index in [0.29, 0.717) is 23.7 Å². The van der Waals surface area contributed by atoms with Crippen LogP contribution in [-0.4, -0.2) is 49.1 Å². The highest BCUT2D eigenvalue weighted by Gasteiger charge is 2.18. The number of hydrogen-bond donors (Lipinski definition) is 1. The molecule has 1 aromatic carbocycles. The molecule has 2 N–H and O–H groups in total. The third-order valence-electron chi connectivity index (χ3n) is 3.35. The van der Waals surface area contributed by atoms with E-state index in [9.17, 15) is 4.39 Å². The van der Waals surface area contributed by atoms with E-state index in [2.05, 4.69) is 9.80 Å². The second-order valence-corrected chi connectivity index (χ2v) is 5.01. The van der Waals surface area contributed by atoms with Crippen molar-refractivity contribution < 1.29 is 4.39 Å². The molecule has 1 aliphatic rings. The van der Waals surface area contributed by atoms with E-state index < -0.39 is 0 Å². The molecule has 0 aromatic heterocycles. The summed E-state index contributed by atoms with van der Waals surface area (Å²) in [5.41, 5.74) is 6.14. The molecule has 19 heavy (non-hydrogen) atoms. The zero-order valence-electron chi connectivity index (χ0n) is 10.8. The first-order chi connectivity index (χ1) is 8.70. The van der Waals surface area contributed by atoms with E-state index in [-0.39, 0.29) is 18.2 Å². The lowest BCUT2D eigenvalue weighted by atomic mass is 10.2. The van der Waals surface area contributed by atoms with Crippen LogP contribution in [0, 0.1) is 5.82 Å². The molecule has 6 heteroatoms. The van der Waals surface area contributed by atoms with Gasteiger partial charge >= 0.3 is 0 Å². The standard InChI is InChI=1S/C13H19ClFN3.ClH/c14-12-2-1-3-13(15)11(12)10-18-8-6-17(5-4-16)7-9-18;/h1-3H,4-10,16H2;1H. The van der Waals surface area contributed by atoms with Gasteiger partial charge in [0.1, 0.15) is 5.82 Å². The highest BCUT2D eigenvalue weighted by molar-refractivity contribution is 6.31. The molecule has 0 saturated carbocycles. The van der Waals surface area contributed by atoms with Crippen LogP contribution < -0.4 is 5.73 Å². The van der Waals surface area contributed by atoms with E-state index in [1.807, 2.05) is 0 Å². The Balaban J connectivity index is 0.00000180. The minimum absolute atomic E-state index is 0. The summed E-state index contributed by atoms with van der Waals surface area (Å²) in [6, 6.07) is 4.84. The summed E-state index contributed by atoms with van der Waals surface area (Å²) in [7, 11) is 0. The number of benzene rings is 1. The van der Waals surface area contributed by atoms with Crippen LogP contribution in [0.4, 0.5) is 4.39 Å². The minimum Gasteiger partial charge on any atom is -0.329 e. The predicted molar refractivity (Wildman–Crippen MR) is 79.4 cm³/mol.